The van der Waals surface area contributed by atoms with E-state index in [1.165, 1.54) is 36.1 Å². The summed E-state index contributed by atoms with van der Waals surface area (Å²) in [6.07, 6.45) is -2.40. The van der Waals surface area contributed by atoms with Gasteiger partial charge in [-0.25, -0.2) is 4.98 Å². The van der Waals surface area contributed by atoms with Gasteiger partial charge in [0.15, 0.2) is 6.10 Å². The van der Waals surface area contributed by atoms with Crippen molar-refractivity contribution in [3.8, 4) is 0 Å². The number of nitrogens with zero attached hydrogens (tertiary/aromatic N) is 3. The number of ether oxygens (including phenoxy) is 1. The standard InChI is InChI=1S/C24H35N5O7/c1-15(10-16-8-6-5-7-9-16)29(3)24(35)22(33)21(32)18(36-4)12-26-23(34)19(27-14-30)20(31)17-11-25-13-28(17)2/h5-9,11,13-15,18-22,31-33H,10,12H2,1-4H3,(H,26,34)(H,27,30). The van der Waals surface area contributed by atoms with Crippen molar-refractivity contribution < 1.29 is 34.4 Å². The van der Waals surface area contributed by atoms with E-state index in [9.17, 15) is 29.7 Å². The van der Waals surface area contributed by atoms with E-state index >= 15 is 0 Å². The number of imidazole rings is 1. The second kappa shape index (κ2) is 13.7. The lowest BCUT2D eigenvalue weighted by Crippen LogP contribution is -2.55. The van der Waals surface area contributed by atoms with Crippen LogP contribution in [0.1, 0.15) is 24.3 Å². The number of aromatic nitrogens is 2. The fraction of sp³-hybridized carbons (Fsp3) is 0.500. The molecule has 3 amide bonds. The maximum atomic E-state index is 12.8. The monoisotopic (exact) mass is 505 g/mol. The summed E-state index contributed by atoms with van der Waals surface area (Å²) in [6, 6.07) is 7.93. The number of carbonyl (C=O) groups is 3. The maximum Gasteiger partial charge on any atom is 0.254 e. The first-order valence-electron chi connectivity index (χ1n) is 11.4. The van der Waals surface area contributed by atoms with Gasteiger partial charge < -0.3 is 40.2 Å². The minimum atomic E-state index is -1.81. The van der Waals surface area contributed by atoms with Crippen LogP contribution in [0.25, 0.3) is 0 Å². The Hall–Kier alpha value is -3.32. The van der Waals surface area contributed by atoms with E-state index in [1.807, 2.05) is 37.3 Å². The van der Waals surface area contributed by atoms with Crippen LogP contribution in [0.4, 0.5) is 0 Å². The molecule has 0 bridgehead atoms. The highest BCUT2D eigenvalue weighted by Gasteiger charge is 2.36. The average molecular weight is 506 g/mol. The fourth-order valence-corrected chi connectivity index (χ4v) is 3.73. The molecule has 6 atom stereocenters. The van der Waals surface area contributed by atoms with Crippen molar-refractivity contribution >= 4 is 18.2 Å². The fourth-order valence-electron chi connectivity index (χ4n) is 3.73. The molecule has 1 heterocycles. The van der Waals surface area contributed by atoms with Crippen molar-refractivity contribution in [2.75, 3.05) is 20.7 Å². The van der Waals surface area contributed by atoms with E-state index in [1.54, 1.807) is 7.05 Å². The summed E-state index contributed by atoms with van der Waals surface area (Å²) in [5.41, 5.74) is 1.31. The Morgan fingerprint density at radius 2 is 1.89 bits per heavy atom. The van der Waals surface area contributed by atoms with Crippen molar-refractivity contribution in [1.29, 1.82) is 0 Å². The van der Waals surface area contributed by atoms with Gasteiger partial charge in [-0.05, 0) is 18.9 Å². The molecule has 2 aromatic rings. The lowest BCUT2D eigenvalue weighted by molar-refractivity contribution is -0.153. The highest BCUT2D eigenvalue weighted by Crippen LogP contribution is 2.16. The molecule has 0 aliphatic carbocycles. The Balaban J connectivity index is 1.99. The highest BCUT2D eigenvalue weighted by molar-refractivity contribution is 5.84. The van der Waals surface area contributed by atoms with E-state index in [0.29, 0.717) is 12.1 Å². The number of aliphatic hydroxyl groups excluding tert-OH is 3. The molecule has 0 aliphatic rings. The molecule has 2 rings (SSSR count). The van der Waals surface area contributed by atoms with Gasteiger partial charge in [0.05, 0.1) is 18.2 Å². The summed E-state index contributed by atoms with van der Waals surface area (Å²) in [4.78, 5) is 41.7. The second-order valence-corrected chi connectivity index (χ2v) is 8.58. The lowest BCUT2D eigenvalue weighted by atomic mass is 10.0. The topological polar surface area (TPSA) is 166 Å². The van der Waals surface area contributed by atoms with Crippen LogP contribution in [0.3, 0.4) is 0 Å². The number of rotatable bonds is 14. The number of nitrogens with one attached hydrogen (secondary N) is 2. The van der Waals surface area contributed by atoms with Crippen LogP contribution < -0.4 is 10.6 Å². The smallest absolute Gasteiger partial charge is 0.254 e. The molecule has 0 saturated carbocycles. The van der Waals surface area contributed by atoms with E-state index < -0.39 is 42.3 Å². The third-order valence-corrected chi connectivity index (χ3v) is 6.12. The van der Waals surface area contributed by atoms with Crippen molar-refractivity contribution in [2.45, 2.75) is 49.8 Å². The van der Waals surface area contributed by atoms with Gasteiger partial charge in [-0.1, -0.05) is 30.3 Å². The Morgan fingerprint density at radius 1 is 1.22 bits per heavy atom. The lowest BCUT2D eigenvalue weighted by Gasteiger charge is -2.31. The number of aryl methyl sites for hydroxylation is 1. The molecule has 36 heavy (non-hydrogen) atoms. The molecule has 5 N–H and O–H groups in total. The molecule has 12 nitrogen and oxygen atoms in total. The molecule has 6 unspecified atom stereocenters. The first-order valence-corrected chi connectivity index (χ1v) is 11.4. The average Bonchev–Trinajstić information content (AvgIpc) is 3.31. The number of hydrogen-bond acceptors (Lipinski definition) is 8. The Bertz CT molecular complexity index is 986. The van der Waals surface area contributed by atoms with Gasteiger partial charge in [-0.2, -0.15) is 0 Å². The van der Waals surface area contributed by atoms with Gasteiger partial charge in [0.1, 0.15) is 24.4 Å². The Morgan fingerprint density at radius 3 is 2.44 bits per heavy atom. The van der Waals surface area contributed by atoms with Gasteiger partial charge in [-0.3, -0.25) is 14.4 Å². The Kier molecular flexibility index (Phi) is 11.0. The number of carbonyl (C=O) groups excluding carboxylic acids is 3. The predicted octanol–water partition coefficient (Wildman–Crippen LogP) is -1.49. The second-order valence-electron chi connectivity index (χ2n) is 8.58. The molecular weight excluding hydrogens is 470 g/mol. The third-order valence-electron chi connectivity index (χ3n) is 6.12. The number of aliphatic hydroxyl groups is 3. The van der Waals surface area contributed by atoms with Crippen LogP contribution in [0.5, 0.6) is 0 Å². The normalized spacial score (nSPS) is 16.2. The summed E-state index contributed by atoms with van der Waals surface area (Å²) < 4.78 is 6.70. The number of benzene rings is 1. The molecule has 0 aliphatic heterocycles. The molecule has 0 spiro atoms. The van der Waals surface area contributed by atoms with Gasteiger partial charge in [0.2, 0.25) is 12.3 Å². The van der Waals surface area contributed by atoms with Crippen LogP contribution >= 0.6 is 0 Å². The van der Waals surface area contributed by atoms with Crippen molar-refractivity contribution in [3.05, 3.63) is 54.1 Å². The van der Waals surface area contributed by atoms with Crippen LogP contribution in [0.2, 0.25) is 0 Å². The van der Waals surface area contributed by atoms with Gasteiger partial charge in [0, 0.05) is 33.8 Å². The number of likely N-dealkylation sites (N-methyl/N-ethyl adjacent to an activating group) is 1. The largest absolute Gasteiger partial charge is 0.387 e. The molecular formula is C24H35N5O7. The van der Waals surface area contributed by atoms with E-state index in [0.717, 1.165) is 5.56 Å². The minimum Gasteiger partial charge on any atom is -0.387 e. The molecule has 0 radical (unpaired) electrons. The van der Waals surface area contributed by atoms with Gasteiger partial charge in [0.25, 0.3) is 5.91 Å². The SMILES string of the molecule is COC(CNC(=O)C(NC=O)C(O)c1cncn1C)C(O)C(O)C(=O)N(C)C(C)Cc1ccccc1. The van der Waals surface area contributed by atoms with E-state index in [4.69, 9.17) is 4.74 Å². The first kappa shape index (κ1) is 28.9. The highest BCUT2D eigenvalue weighted by atomic mass is 16.5. The molecule has 198 valence electrons. The Labute approximate surface area is 209 Å². The molecule has 12 heteroatoms. The summed E-state index contributed by atoms with van der Waals surface area (Å²) in [6.45, 7) is 1.52. The predicted molar refractivity (Wildman–Crippen MR) is 129 cm³/mol. The van der Waals surface area contributed by atoms with E-state index in [-0.39, 0.29) is 19.0 Å². The molecule has 0 saturated heterocycles. The zero-order chi connectivity index (χ0) is 26.8. The van der Waals surface area contributed by atoms with Crippen molar-refractivity contribution in [2.24, 2.45) is 7.05 Å². The van der Waals surface area contributed by atoms with E-state index in [2.05, 4.69) is 15.6 Å². The number of amides is 3. The summed E-state index contributed by atoms with van der Waals surface area (Å²) in [5, 5.41) is 36.4. The summed E-state index contributed by atoms with van der Waals surface area (Å²) in [5.74, 6) is -1.47. The first-order chi connectivity index (χ1) is 17.1. The number of methoxy groups -OCH3 is 1. The maximum absolute atomic E-state index is 12.8. The van der Waals surface area contributed by atoms with Crippen LogP contribution in [-0.2, 0) is 32.6 Å². The molecule has 1 aromatic heterocycles. The third kappa shape index (κ3) is 7.34. The van der Waals surface area contributed by atoms with Crippen molar-refractivity contribution in [3.63, 3.8) is 0 Å². The van der Waals surface area contributed by atoms with Crippen LogP contribution in [0.15, 0.2) is 42.9 Å². The quantitative estimate of drug-likeness (QED) is 0.194. The molecule has 1 aromatic carbocycles. The summed E-state index contributed by atoms with van der Waals surface area (Å²) in [7, 11) is 4.41. The van der Waals surface area contributed by atoms with Crippen molar-refractivity contribution in [1.82, 2.24) is 25.1 Å². The minimum absolute atomic E-state index is 0.258. The zero-order valence-corrected chi connectivity index (χ0v) is 20.8. The van der Waals surface area contributed by atoms with Crippen LogP contribution in [-0.4, -0.2) is 99.1 Å². The van der Waals surface area contributed by atoms with Crippen LogP contribution in [0, 0.1) is 0 Å². The number of hydrogen-bond donors (Lipinski definition) is 5. The zero-order valence-electron chi connectivity index (χ0n) is 20.8. The van der Waals surface area contributed by atoms with Gasteiger partial charge in [-0.15, -0.1) is 0 Å². The summed E-state index contributed by atoms with van der Waals surface area (Å²) >= 11 is 0. The molecule has 0 fully saturated rings. The van der Waals surface area contributed by atoms with Gasteiger partial charge >= 0.3 is 0 Å².